The molecule has 0 amide bonds. The summed E-state index contributed by atoms with van der Waals surface area (Å²) in [6, 6.07) is 11.6. The molecule has 3 aromatic rings. The maximum absolute atomic E-state index is 12.9. The number of rotatable bonds is 3. The molecule has 3 rings (SSSR count). The number of carbonyl (C=O) groups excluding carboxylic acids is 1. The van der Waals surface area contributed by atoms with Crippen LogP contribution in [0.15, 0.2) is 42.6 Å². The number of carbonyl (C=O) groups is 1. The number of aromatic nitrogens is 1. The molecule has 3 N–H and O–H groups in total. The smallest absolute Gasteiger partial charge is 0.197 e. The van der Waals surface area contributed by atoms with Crippen molar-refractivity contribution in [3.05, 3.63) is 64.8 Å². The molecule has 0 atom stereocenters. The van der Waals surface area contributed by atoms with E-state index in [0.29, 0.717) is 16.8 Å². The van der Waals surface area contributed by atoms with Crippen molar-refractivity contribution < 1.29 is 4.79 Å². The predicted octanol–water partition coefficient (Wildman–Crippen LogP) is 3.85. The van der Waals surface area contributed by atoms with Gasteiger partial charge in [0.1, 0.15) is 0 Å². The molecule has 3 nitrogen and oxygen atoms in total. The number of benzene rings is 2. The highest BCUT2D eigenvalue weighted by molar-refractivity contribution is 6.19. The Morgan fingerprint density at radius 2 is 1.95 bits per heavy atom. The topological polar surface area (TPSA) is 58.9 Å². The second kappa shape index (κ2) is 5.09. The van der Waals surface area contributed by atoms with Gasteiger partial charge in [0.05, 0.1) is 0 Å². The molecule has 0 aliphatic heterocycles. The summed E-state index contributed by atoms with van der Waals surface area (Å²) in [6.07, 6.45) is 2.72. The summed E-state index contributed by atoms with van der Waals surface area (Å²) in [5.41, 5.74) is 11.0. The number of fused-ring (bicyclic) bond motifs is 1. The van der Waals surface area contributed by atoms with Gasteiger partial charge in [0.15, 0.2) is 5.78 Å². The molecule has 0 radical (unpaired) electrons. The van der Waals surface area contributed by atoms with E-state index in [-0.39, 0.29) is 5.78 Å². The van der Waals surface area contributed by atoms with Crippen molar-refractivity contribution >= 4 is 22.4 Å². The fourth-order valence-electron chi connectivity index (χ4n) is 2.83. The Bertz CT molecular complexity index is 810. The minimum atomic E-state index is -0.0231. The van der Waals surface area contributed by atoms with Crippen LogP contribution >= 0.6 is 0 Å². The lowest BCUT2D eigenvalue weighted by Crippen LogP contribution is -2.07. The zero-order valence-electron chi connectivity index (χ0n) is 12.2. The quantitative estimate of drug-likeness (QED) is 0.564. The first-order valence-electron chi connectivity index (χ1n) is 7.12. The van der Waals surface area contributed by atoms with Crippen molar-refractivity contribution in [1.29, 1.82) is 0 Å². The fourth-order valence-corrected chi connectivity index (χ4v) is 2.83. The van der Waals surface area contributed by atoms with E-state index in [9.17, 15) is 4.79 Å². The summed E-state index contributed by atoms with van der Waals surface area (Å²) in [7, 11) is 0. The number of aryl methyl sites for hydroxylation is 2. The SMILES string of the molecule is CCc1cccc2c(C(=O)c3c(C)cccc3N)c[nH]c12. The van der Waals surface area contributed by atoms with Gasteiger partial charge in [-0.25, -0.2) is 0 Å². The number of ketones is 1. The zero-order valence-corrected chi connectivity index (χ0v) is 12.2. The lowest BCUT2D eigenvalue weighted by molar-refractivity contribution is 0.104. The van der Waals surface area contributed by atoms with E-state index in [0.717, 1.165) is 22.9 Å². The highest BCUT2D eigenvalue weighted by Crippen LogP contribution is 2.27. The van der Waals surface area contributed by atoms with Crippen molar-refractivity contribution in [2.24, 2.45) is 0 Å². The fraction of sp³-hybridized carbons (Fsp3) is 0.167. The van der Waals surface area contributed by atoms with Crippen molar-refractivity contribution in [2.45, 2.75) is 20.3 Å². The van der Waals surface area contributed by atoms with Crippen LogP contribution in [0.2, 0.25) is 0 Å². The number of nitrogens with one attached hydrogen (secondary N) is 1. The molecule has 1 aromatic heterocycles. The molecule has 0 aliphatic rings. The molecular weight excluding hydrogens is 260 g/mol. The van der Waals surface area contributed by atoms with E-state index in [1.54, 1.807) is 12.3 Å². The monoisotopic (exact) mass is 278 g/mol. The van der Waals surface area contributed by atoms with Gasteiger partial charge in [-0.15, -0.1) is 0 Å². The van der Waals surface area contributed by atoms with Crippen molar-refractivity contribution in [1.82, 2.24) is 4.98 Å². The minimum absolute atomic E-state index is 0.0231. The Hall–Kier alpha value is -2.55. The second-order valence-corrected chi connectivity index (χ2v) is 5.26. The molecule has 2 aromatic carbocycles. The first kappa shape index (κ1) is 13.4. The van der Waals surface area contributed by atoms with Crippen LogP contribution in [-0.4, -0.2) is 10.8 Å². The highest BCUT2D eigenvalue weighted by atomic mass is 16.1. The Balaban J connectivity index is 2.19. The normalized spacial score (nSPS) is 11.0. The van der Waals surface area contributed by atoms with Gasteiger partial charge in [0.2, 0.25) is 0 Å². The number of H-pyrrole nitrogens is 1. The number of para-hydroxylation sites is 1. The van der Waals surface area contributed by atoms with Gasteiger partial charge in [-0.3, -0.25) is 4.79 Å². The van der Waals surface area contributed by atoms with Crippen LogP contribution in [0, 0.1) is 6.92 Å². The van der Waals surface area contributed by atoms with E-state index in [4.69, 9.17) is 5.73 Å². The molecule has 106 valence electrons. The van der Waals surface area contributed by atoms with Gasteiger partial charge < -0.3 is 10.7 Å². The third-order valence-corrected chi connectivity index (χ3v) is 3.96. The third-order valence-electron chi connectivity index (χ3n) is 3.96. The van der Waals surface area contributed by atoms with Gasteiger partial charge in [-0.2, -0.15) is 0 Å². The van der Waals surface area contributed by atoms with Gasteiger partial charge in [0.25, 0.3) is 0 Å². The summed E-state index contributed by atoms with van der Waals surface area (Å²) in [5, 5.41) is 0.960. The van der Waals surface area contributed by atoms with Crippen LogP contribution in [-0.2, 0) is 6.42 Å². The second-order valence-electron chi connectivity index (χ2n) is 5.26. The number of hydrogen-bond acceptors (Lipinski definition) is 2. The molecule has 0 unspecified atom stereocenters. The van der Waals surface area contributed by atoms with Crippen LogP contribution in [0.5, 0.6) is 0 Å². The van der Waals surface area contributed by atoms with Crippen molar-refractivity contribution in [3.8, 4) is 0 Å². The number of nitrogen functional groups attached to an aromatic ring is 1. The standard InChI is InChI=1S/C18H18N2O/c1-3-12-7-5-8-13-14(10-20-17(12)13)18(21)16-11(2)6-4-9-15(16)19/h4-10,20H,3,19H2,1-2H3. The van der Waals surface area contributed by atoms with Gasteiger partial charge in [0, 0.05) is 33.9 Å². The number of nitrogens with two attached hydrogens (primary N) is 1. The lowest BCUT2D eigenvalue weighted by atomic mass is 9.96. The van der Waals surface area contributed by atoms with Gasteiger partial charge in [-0.1, -0.05) is 37.3 Å². The number of anilines is 1. The Morgan fingerprint density at radius 1 is 1.19 bits per heavy atom. The molecule has 0 aliphatic carbocycles. The van der Waals surface area contributed by atoms with Crippen LogP contribution < -0.4 is 5.73 Å². The molecule has 0 saturated heterocycles. The van der Waals surface area contributed by atoms with Crippen molar-refractivity contribution in [3.63, 3.8) is 0 Å². The van der Waals surface area contributed by atoms with Crippen LogP contribution in [0.3, 0.4) is 0 Å². The summed E-state index contributed by atoms with van der Waals surface area (Å²) in [5.74, 6) is -0.0231. The summed E-state index contributed by atoms with van der Waals surface area (Å²) in [6.45, 7) is 4.02. The average molecular weight is 278 g/mol. The number of hydrogen-bond donors (Lipinski definition) is 2. The minimum Gasteiger partial charge on any atom is -0.398 e. The van der Waals surface area contributed by atoms with Gasteiger partial charge in [-0.05, 0) is 30.5 Å². The van der Waals surface area contributed by atoms with Crippen LogP contribution in [0.1, 0.15) is 34.0 Å². The van der Waals surface area contributed by atoms with Crippen LogP contribution in [0.25, 0.3) is 10.9 Å². The molecule has 1 heterocycles. The Morgan fingerprint density at radius 3 is 2.67 bits per heavy atom. The third kappa shape index (κ3) is 2.11. The molecule has 0 fully saturated rings. The van der Waals surface area contributed by atoms with Gasteiger partial charge >= 0.3 is 0 Å². The first-order valence-corrected chi connectivity index (χ1v) is 7.12. The Kier molecular flexibility index (Phi) is 3.26. The summed E-state index contributed by atoms with van der Waals surface area (Å²) in [4.78, 5) is 16.1. The average Bonchev–Trinajstić information content (AvgIpc) is 2.90. The largest absolute Gasteiger partial charge is 0.398 e. The lowest BCUT2D eigenvalue weighted by Gasteiger charge is -2.08. The maximum Gasteiger partial charge on any atom is 0.197 e. The summed E-state index contributed by atoms with van der Waals surface area (Å²) < 4.78 is 0. The van der Waals surface area contributed by atoms with Crippen molar-refractivity contribution in [2.75, 3.05) is 5.73 Å². The number of aromatic amines is 1. The molecule has 3 heteroatoms. The zero-order chi connectivity index (χ0) is 15.0. The highest BCUT2D eigenvalue weighted by Gasteiger charge is 2.18. The summed E-state index contributed by atoms with van der Waals surface area (Å²) >= 11 is 0. The molecule has 0 spiro atoms. The van der Waals surface area contributed by atoms with E-state index in [2.05, 4.69) is 18.0 Å². The van der Waals surface area contributed by atoms with E-state index in [1.807, 2.05) is 31.2 Å². The van der Waals surface area contributed by atoms with E-state index in [1.165, 1.54) is 5.56 Å². The molecule has 0 saturated carbocycles. The molecular formula is C18H18N2O. The van der Waals surface area contributed by atoms with E-state index < -0.39 is 0 Å². The molecule has 21 heavy (non-hydrogen) atoms. The van der Waals surface area contributed by atoms with Crippen LogP contribution in [0.4, 0.5) is 5.69 Å². The maximum atomic E-state index is 12.9. The predicted molar refractivity (Wildman–Crippen MR) is 86.7 cm³/mol. The molecule has 0 bridgehead atoms. The Labute approximate surface area is 123 Å². The van der Waals surface area contributed by atoms with E-state index >= 15 is 0 Å². The first-order chi connectivity index (χ1) is 10.1.